The Balaban J connectivity index is 2.58. The van der Waals surface area contributed by atoms with Gasteiger partial charge in [-0.15, -0.1) is 0 Å². The molecular weight excluding hydrogens is 383 g/mol. The lowest BCUT2D eigenvalue weighted by Crippen LogP contribution is -2.42. The molecule has 1 unspecified atom stereocenters. The van der Waals surface area contributed by atoms with Crippen LogP contribution in [-0.4, -0.2) is 60.8 Å². The van der Waals surface area contributed by atoms with Gasteiger partial charge in [-0.05, 0) is 58.0 Å². The van der Waals surface area contributed by atoms with Gasteiger partial charge in [-0.1, -0.05) is 13.8 Å². The molecule has 1 rings (SSSR count). The molecule has 1 aromatic heterocycles. The van der Waals surface area contributed by atoms with E-state index in [9.17, 15) is 13.2 Å². The Labute approximate surface area is 171 Å². The summed E-state index contributed by atoms with van der Waals surface area (Å²) in [6.45, 7) is 11.3. The number of rotatable bonds is 12. The third-order valence-corrected chi connectivity index (χ3v) is 4.34. The number of hydrogen-bond acceptors (Lipinski definition) is 4. The summed E-state index contributed by atoms with van der Waals surface area (Å²) in [4.78, 5) is 10.7. The van der Waals surface area contributed by atoms with Crippen molar-refractivity contribution < 1.29 is 17.9 Å². The van der Waals surface area contributed by atoms with E-state index in [1.165, 1.54) is 12.3 Å². The highest BCUT2D eigenvalue weighted by molar-refractivity contribution is 5.80. The molecule has 0 aliphatic rings. The van der Waals surface area contributed by atoms with Gasteiger partial charge in [0.25, 0.3) is 0 Å². The Kier molecular flexibility index (Phi) is 11.4. The molecule has 6 nitrogen and oxygen atoms in total. The normalized spacial score (nSPS) is 13.4. The summed E-state index contributed by atoms with van der Waals surface area (Å²) < 4.78 is 41.5. The molecule has 0 aliphatic heterocycles. The van der Waals surface area contributed by atoms with Crippen molar-refractivity contribution in [2.45, 2.75) is 59.3 Å². The molecule has 1 atom stereocenters. The number of nitrogens with zero attached hydrogens (tertiary/aromatic N) is 3. The van der Waals surface area contributed by atoms with Crippen molar-refractivity contribution in [2.24, 2.45) is 4.99 Å². The van der Waals surface area contributed by atoms with Crippen LogP contribution in [0.5, 0.6) is 5.88 Å². The van der Waals surface area contributed by atoms with Crippen molar-refractivity contribution in [3.8, 4) is 5.88 Å². The van der Waals surface area contributed by atoms with Gasteiger partial charge in [-0.2, -0.15) is 13.2 Å². The fourth-order valence-corrected chi connectivity index (χ4v) is 2.74. The molecular formula is C20H34F3N5O. The number of aromatic nitrogens is 1. The van der Waals surface area contributed by atoms with Gasteiger partial charge in [0, 0.05) is 24.8 Å². The maximum Gasteiger partial charge on any atom is 0.422 e. The average Bonchev–Trinajstić information content (AvgIpc) is 2.68. The summed E-state index contributed by atoms with van der Waals surface area (Å²) in [5.41, 5.74) is 0.726. The van der Waals surface area contributed by atoms with Crippen molar-refractivity contribution in [2.75, 3.05) is 32.8 Å². The lowest BCUT2D eigenvalue weighted by molar-refractivity contribution is -0.154. The van der Waals surface area contributed by atoms with E-state index >= 15 is 0 Å². The summed E-state index contributed by atoms with van der Waals surface area (Å²) in [6, 6.07) is 3.44. The molecule has 29 heavy (non-hydrogen) atoms. The summed E-state index contributed by atoms with van der Waals surface area (Å²) in [6.07, 6.45) is -0.850. The Morgan fingerprint density at radius 1 is 1.28 bits per heavy atom. The Bertz CT molecular complexity index is 606. The molecule has 1 heterocycles. The van der Waals surface area contributed by atoms with Gasteiger partial charge < -0.3 is 20.3 Å². The second-order valence-electron chi connectivity index (χ2n) is 6.82. The van der Waals surface area contributed by atoms with E-state index in [1.54, 1.807) is 6.07 Å². The van der Waals surface area contributed by atoms with Crippen LogP contribution in [0, 0.1) is 0 Å². The number of hydrogen-bond donors (Lipinski definition) is 2. The van der Waals surface area contributed by atoms with Gasteiger partial charge in [0.1, 0.15) is 0 Å². The lowest BCUT2D eigenvalue weighted by Gasteiger charge is -2.21. The second kappa shape index (κ2) is 13.2. The molecule has 0 aromatic carbocycles. The summed E-state index contributed by atoms with van der Waals surface area (Å²) >= 11 is 0. The van der Waals surface area contributed by atoms with Crippen molar-refractivity contribution in [3.63, 3.8) is 0 Å². The highest BCUT2D eigenvalue weighted by Gasteiger charge is 2.28. The number of ether oxygens (including phenoxy) is 1. The smallest absolute Gasteiger partial charge is 0.422 e. The van der Waals surface area contributed by atoms with Crippen LogP contribution in [0.3, 0.4) is 0 Å². The quantitative estimate of drug-likeness (QED) is 0.402. The van der Waals surface area contributed by atoms with Gasteiger partial charge in [0.15, 0.2) is 12.6 Å². The third-order valence-electron chi connectivity index (χ3n) is 4.34. The number of aliphatic imine (C=N–C) groups is 1. The first-order valence-corrected chi connectivity index (χ1v) is 10.2. The fourth-order valence-electron chi connectivity index (χ4n) is 2.74. The number of guanidine groups is 1. The van der Waals surface area contributed by atoms with Crippen LogP contribution in [0.25, 0.3) is 0 Å². The molecule has 0 aliphatic carbocycles. The summed E-state index contributed by atoms with van der Waals surface area (Å²) in [7, 11) is 0. The molecule has 0 spiro atoms. The molecule has 2 N–H and O–H groups in total. The van der Waals surface area contributed by atoms with Crippen LogP contribution in [0.15, 0.2) is 23.3 Å². The molecule has 0 fully saturated rings. The predicted molar refractivity (Wildman–Crippen MR) is 110 cm³/mol. The van der Waals surface area contributed by atoms with Gasteiger partial charge in [0.05, 0.1) is 6.54 Å². The minimum atomic E-state index is -4.39. The maximum absolute atomic E-state index is 12.3. The monoisotopic (exact) mass is 417 g/mol. The Morgan fingerprint density at radius 2 is 2.00 bits per heavy atom. The minimum Gasteiger partial charge on any atom is -0.468 e. The topological polar surface area (TPSA) is 61.8 Å². The highest BCUT2D eigenvalue weighted by atomic mass is 19.4. The van der Waals surface area contributed by atoms with Crippen LogP contribution in [-0.2, 0) is 6.54 Å². The van der Waals surface area contributed by atoms with Crippen molar-refractivity contribution in [1.82, 2.24) is 20.5 Å². The van der Waals surface area contributed by atoms with Gasteiger partial charge in [0.2, 0.25) is 5.88 Å². The zero-order chi connectivity index (χ0) is 21.7. The molecule has 1 aromatic rings. The van der Waals surface area contributed by atoms with Crippen LogP contribution < -0.4 is 15.4 Å². The van der Waals surface area contributed by atoms with E-state index in [1.807, 2.05) is 6.92 Å². The second-order valence-corrected chi connectivity index (χ2v) is 6.82. The van der Waals surface area contributed by atoms with Crippen molar-refractivity contribution in [1.29, 1.82) is 0 Å². The predicted octanol–water partition coefficient (Wildman–Crippen LogP) is 3.59. The first-order valence-electron chi connectivity index (χ1n) is 10.2. The van der Waals surface area contributed by atoms with E-state index in [2.05, 4.69) is 46.3 Å². The average molecular weight is 418 g/mol. The fraction of sp³-hybridized carbons (Fsp3) is 0.700. The zero-order valence-electron chi connectivity index (χ0n) is 17.9. The first-order chi connectivity index (χ1) is 13.8. The number of pyridine rings is 1. The molecule has 0 radical (unpaired) electrons. The van der Waals surface area contributed by atoms with Gasteiger partial charge in [-0.25, -0.2) is 9.98 Å². The molecule has 0 bridgehead atoms. The van der Waals surface area contributed by atoms with Crippen LogP contribution in [0.4, 0.5) is 13.2 Å². The maximum atomic E-state index is 12.3. The van der Waals surface area contributed by atoms with Crippen molar-refractivity contribution in [3.05, 3.63) is 23.9 Å². The Morgan fingerprint density at radius 3 is 2.62 bits per heavy atom. The van der Waals surface area contributed by atoms with Crippen LogP contribution in [0.1, 0.15) is 46.1 Å². The highest BCUT2D eigenvalue weighted by Crippen LogP contribution is 2.17. The first kappa shape index (κ1) is 25.0. The standard InChI is InChI=1S/C20H34F3N5O/c1-5-24-19(27-16(4)9-8-12-28(6-2)7-3)26-14-17-10-11-25-18(13-17)29-15-20(21,22)23/h10-11,13,16H,5-9,12,14-15H2,1-4H3,(H2,24,26,27). The molecule has 0 saturated heterocycles. The molecule has 0 amide bonds. The van der Waals surface area contributed by atoms with Gasteiger partial charge >= 0.3 is 6.18 Å². The van der Waals surface area contributed by atoms with E-state index in [0.29, 0.717) is 19.0 Å². The number of halogens is 3. The summed E-state index contributed by atoms with van der Waals surface area (Å²) in [5, 5.41) is 6.58. The molecule has 0 saturated carbocycles. The van der Waals surface area contributed by atoms with Crippen LogP contribution in [0.2, 0.25) is 0 Å². The zero-order valence-corrected chi connectivity index (χ0v) is 17.9. The van der Waals surface area contributed by atoms with E-state index in [0.717, 1.165) is 38.0 Å². The largest absolute Gasteiger partial charge is 0.468 e. The SMILES string of the molecule is CCNC(=NCc1ccnc(OCC(F)(F)F)c1)NC(C)CCCN(CC)CC. The van der Waals surface area contributed by atoms with E-state index in [4.69, 9.17) is 4.74 Å². The number of alkyl halides is 3. The Hall–Kier alpha value is -2.03. The molecule has 9 heteroatoms. The minimum absolute atomic E-state index is 0.0576. The lowest BCUT2D eigenvalue weighted by atomic mass is 10.2. The number of nitrogens with one attached hydrogen (secondary N) is 2. The third kappa shape index (κ3) is 11.5. The van der Waals surface area contributed by atoms with E-state index in [-0.39, 0.29) is 11.9 Å². The molecule has 166 valence electrons. The summed E-state index contributed by atoms with van der Waals surface area (Å²) in [5.74, 6) is 0.621. The van der Waals surface area contributed by atoms with Gasteiger partial charge in [-0.3, -0.25) is 0 Å². The van der Waals surface area contributed by atoms with Crippen molar-refractivity contribution >= 4 is 5.96 Å². The van der Waals surface area contributed by atoms with Crippen LogP contribution >= 0.6 is 0 Å². The van der Waals surface area contributed by atoms with E-state index < -0.39 is 12.8 Å².